The second-order valence-electron chi connectivity index (χ2n) is 7.31. The van der Waals surface area contributed by atoms with Crippen LogP contribution in [0, 0.1) is 17.7 Å². The van der Waals surface area contributed by atoms with Gasteiger partial charge in [-0.15, -0.1) is 11.3 Å². The summed E-state index contributed by atoms with van der Waals surface area (Å²) in [7, 11) is 0. The normalized spacial score (nSPS) is 23.4. The van der Waals surface area contributed by atoms with Crippen LogP contribution >= 0.6 is 11.3 Å². The van der Waals surface area contributed by atoms with Gasteiger partial charge < -0.3 is 9.13 Å². The Morgan fingerprint density at radius 3 is 2.63 bits per heavy atom. The van der Waals surface area contributed by atoms with Crippen molar-refractivity contribution < 1.29 is 4.39 Å². The van der Waals surface area contributed by atoms with Crippen LogP contribution in [0.4, 0.5) is 4.39 Å². The third-order valence-electron chi connectivity index (χ3n) is 5.61. The van der Waals surface area contributed by atoms with Crippen LogP contribution in [0.2, 0.25) is 0 Å². The first-order valence-corrected chi connectivity index (χ1v) is 9.84. The molecule has 138 valence electrons. The summed E-state index contributed by atoms with van der Waals surface area (Å²) in [5.41, 5.74) is -0.461. The molecule has 0 aliphatic heterocycles. The molecule has 3 aromatic heterocycles. The Bertz CT molecular complexity index is 1110. The van der Waals surface area contributed by atoms with E-state index in [-0.39, 0.29) is 18.3 Å². The van der Waals surface area contributed by atoms with Gasteiger partial charge in [0.1, 0.15) is 10.8 Å². The van der Waals surface area contributed by atoms with E-state index < -0.39 is 16.9 Å². The van der Waals surface area contributed by atoms with Gasteiger partial charge in [0.2, 0.25) is 0 Å². The number of pyridine rings is 1. The summed E-state index contributed by atoms with van der Waals surface area (Å²) in [4.78, 5) is 33.2. The topological polar surface area (TPSA) is 69.8 Å². The van der Waals surface area contributed by atoms with E-state index >= 15 is 0 Å². The van der Waals surface area contributed by atoms with Crippen molar-refractivity contribution in [2.24, 2.45) is 11.8 Å². The zero-order valence-corrected chi connectivity index (χ0v) is 15.2. The van der Waals surface area contributed by atoms with Gasteiger partial charge in [-0.3, -0.25) is 14.6 Å². The molecule has 0 saturated heterocycles. The fraction of sp³-hybridized carbons (Fsp3) is 0.368. The molecule has 6 nitrogen and oxygen atoms in total. The molecule has 0 spiro atoms. The average Bonchev–Trinajstić information content (AvgIpc) is 3.07. The van der Waals surface area contributed by atoms with Gasteiger partial charge in [0, 0.05) is 41.8 Å². The van der Waals surface area contributed by atoms with E-state index in [1.807, 2.05) is 5.38 Å². The van der Waals surface area contributed by atoms with Gasteiger partial charge >= 0.3 is 11.1 Å². The van der Waals surface area contributed by atoms with Crippen LogP contribution in [-0.4, -0.2) is 19.1 Å². The maximum atomic E-state index is 14.4. The molecule has 5 rings (SSSR count). The number of thiazole rings is 1. The fourth-order valence-electron chi connectivity index (χ4n) is 4.07. The summed E-state index contributed by atoms with van der Waals surface area (Å²) in [5, 5.41) is 2.49. The molecule has 2 saturated carbocycles. The first kappa shape index (κ1) is 16.6. The molecule has 0 amide bonds. The Morgan fingerprint density at radius 1 is 1.11 bits per heavy atom. The van der Waals surface area contributed by atoms with Gasteiger partial charge in [0.05, 0.1) is 12.2 Å². The number of nitrogens with zero attached hydrogens (tertiary/aromatic N) is 4. The second-order valence-corrected chi connectivity index (χ2v) is 8.21. The predicted octanol–water partition coefficient (Wildman–Crippen LogP) is 2.69. The van der Waals surface area contributed by atoms with E-state index in [0.717, 1.165) is 24.7 Å². The third kappa shape index (κ3) is 2.93. The van der Waals surface area contributed by atoms with Crippen molar-refractivity contribution in [3.05, 3.63) is 68.5 Å². The smallest absolute Gasteiger partial charge is 0.306 e. The monoisotopic (exact) mass is 384 g/mol. The van der Waals surface area contributed by atoms with Crippen molar-refractivity contribution >= 4 is 11.3 Å². The quantitative estimate of drug-likeness (QED) is 0.649. The molecule has 3 atom stereocenters. The highest BCUT2D eigenvalue weighted by atomic mass is 32.1. The molecular formula is C19H17FN4O2S. The third-order valence-corrected chi connectivity index (χ3v) is 6.44. The Hall–Kier alpha value is -2.61. The molecule has 0 N–H and O–H groups in total. The maximum Gasteiger partial charge on any atom is 0.316 e. The number of fused-ring (bicyclic) bond motifs is 1. The minimum Gasteiger partial charge on any atom is -0.306 e. The summed E-state index contributed by atoms with van der Waals surface area (Å²) in [5.74, 6) is 0.924. The lowest BCUT2D eigenvalue weighted by Gasteiger charge is -2.16. The molecule has 3 heterocycles. The van der Waals surface area contributed by atoms with E-state index in [1.54, 1.807) is 23.2 Å². The number of rotatable bonds is 4. The molecule has 0 aromatic carbocycles. The summed E-state index contributed by atoms with van der Waals surface area (Å²) < 4.78 is 17.2. The van der Waals surface area contributed by atoms with Gasteiger partial charge in [-0.25, -0.2) is 9.37 Å². The summed E-state index contributed by atoms with van der Waals surface area (Å²) in [6.07, 6.45) is 9.60. The molecular weight excluding hydrogens is 367 g/mol. The SMILES string of the molecule is O=c1c(=O)n(C2C[C@@H]3C[C@@H]3C2)ccn1Cc1ncc(-c2nccs2)cc1F. The van der Waals surface area contributed by atoms with Gasteiger partial charge in [-0.05, 0) is 37.2 Å². The molecule has 8 heteroatoms. The van der Waals surface area contributed by atoms with E-state index in [0.29, 0.717) is 10.6 Å². The Morgan fingerprint density at radius 2 is 1.93 bits per heavy atom. The van der Waals surface area contributed by atoms with Gasteiger partial charge in [-0.1, -0.05) is 0 Å². The highest BCUT2D eigenvalue weighted by Gasteiger charge is 2.46. The highest BCUT2D eigenvalue weighted by Crippen LogP contribution is 2.55. The van der Waals surface area contributed by atoms with Crippen molar-refractivity contribution in [3.63, 3.8) is 0 Å². The molecule has 0 radical (unpaired) electrons. The van der Waals surface area contributed by atoms with Crippen LogP contribution in [-0.2, 0) is 6.54 Å². The summed E-state index contributed by atoms with van der Waals surface area (Å²) in [6.45, 7) is -0.0746. The molecule has 27 heavy (non-hydrogen) atoms. The van der Waals surface area contributed by atoms with Crippen LogP contribution in [0.1, 0.15) is 31.0 Å². The van der Waals surface area contributed by atoms with Gasteiger partial charge in [0.25, 0.3) is 0 Å². The van der Waals surface area contributed by atoms with Crippen molar-refractivity contribution in [3.8, 4) is 10.6 Å². The number of halogens is 1. The van der Waals surface area contributed by atoms with Crippen LogP contribution in [0.15, 0.2) is 45.8 Å². The molecule has 1 unspecified atom stereocenters. The van der Waals surface area contributed by atoms with Crippen LogP contribution in [0.3, 0.4) is 0 Å². The molecule has 0 bridgehead atoms. The van der Waals surface area contributed by atoms with E-state index in [9.17, 15) is 14.0 Å². The molecule has 3 aromatic rings. The highest BCUT2D eigenvalue weighted by molar-refractivity contribution is 7.13. The lowest BCUT2D eigenvalue weighted by molar-refractivity contribution is 0.445. The first-order chi connectivity index (χ1) is 13.1. The Kier molecular flexibility index (Phi) is 3.82. The Balaban J connectivity index is 1.41. The maximum absolute atomic E-state index is 14.4. The predicted molar refractivity (Wildman–Crippen MR) is 99.2 cm³/mol. The molecule has 2 aliphatic rings. The van der Waals surface area contributed by atoms with Crippen LogP contribution in [0.25, 0.3) is 10.6 Å². The number of hydrogen-bond acceptors (Lipinski definition) is 5. The van der Waals surface area contributed by atoms with Crippen molar-refractivity contribution in [2.75, 3.05) is 0 Å². The zero-order valence-electron chi connectivity index (χ0n) is 14.4. The largest absolute Gasteiger partial charge is 0.316 e. The lowest BCUT2D eigenvalue weighted by atomic mass is 10.1. The van der Waals surface area contributed by atoms with Crippen LogP contribution < -0.4 is 11.1 Å². The first-order valence-electron chi connectivity index (χ1n) is 8.96. The summed E-state index contributed by atoms with van der Waals surface area (Å²) in [6, 6.07) is 1.48. The van der Waals surface area contributed by atoms with Gasteiger partial charge in [-0.2, -0.15) is 0 Å². The summed E-state index contributed by atoms with van der Waals surface area (Å²) >= 11 is 1.40. The number of aromatic nitrogens is 4. The molecule has 2 aliphatic carbocycles. The minimum atomic E-state index is -0.636. The van der Waals surface area contributed by atoms with Crippen molar-refractivity contribution in [1.29, 1.82) is 0 Å². The molecule has 2 fully saturated rings. The van der Waals surface area contributed by atoms with Gasteiger partial charge in [0.15, 0.2) is 0 Å². The Labute approximate surface area is 158 Å². The lowest BCUT2D eigenvalue weighted by Crippen LogP contribution is -2.42. The van der Waals surface area contributed by atoms with E-state index in [4.69, 9.17) is 0 Å². The fourth-order valence-corrected chi connectivity index (χ4v) is 4.69. The standard InChI is InChI=1S/C19H17FN4O2S/c20-15-8-13(17-21-1-4-27-17)9-22-16(15)10-23-2-3-24(19(26)18(23)25)14-6-11-5-12(11)7-14/h1-4,8-9,11-12,14H,5-7,10H2/t11-,12+,14?. The van der Waals surface area contributed by atoms with E-state index in [2.05, 4.69) is 9.97 Å². The van der Waals surface area contributed by atoms with Crippen molar-refractivity contribution in [2.45, 2.75) is 31.8 Å². The average molecular weight is 384 g/mol. The van der Waals surface area contributed by atoms with E-state index in [1.165, 1.54) is 34.6 Å². The second kappa shape index (κ2) is 6.23. The van der Waals surface area contributed by atoms with Crippen LogP contribution in [0.5, 0.6) is 0 Å². The van der Waals surface area contributed by atoms with Crippen molar-refractivity contribution in [1.82, 2.24) is 19.1 Å². The zero-order chi connectivity index (χ0) is 18.5. The minimum absolute atomic E-state index is 0.0746. The number of hydrogen-bond donors (Lipinski definition) is 0.